The molecular formula is C13H14FO. The average molecular weight is 205 g/mol. The molecular weight excluding hydrogens is 191 g/mol. The highest BCUT2D eigenvalue weighted by Gasteiger charge is 2.11. The maximum absolute atomic E-state index is 13.0. The second-order valence-electron chi connectivity index (χ2n) is 4.10. The minimum absolute atomic E-state index is 0.222. The predicted octanol–water partition coefficient (Wildman–Crippen LogP) is 3.89. The van der Waals surface area contributed by atoms with Crippen LogP contribution in [0.1, 0.15) is 18.2 Å². The van der Waals surface area contributed by atoms with Gasteiger partial charge in [0.05, 0.1) is 0 Å². The Bertz CT molecular complexity index is 482. The van der Waals surface area contributed by atoms with Crippen LogP contribution in [0.3, 0.4) is 0 Å². The van der Waals surface area contributed by atoms with Crippen molar-refractivity contribution in [2.75, 3.05) is 0 Å². The molecule has 1 heterocycles. The average Bonchev–Trinajstić information content (AvgIpc) is 2.44. The van der Waals surface area contributed by atoms with E-state index < -0.39 is 0 Å². The van der Waals surface area contributed by atoms with E-state index in [1.807, 2.05) is 13.8 Å². The van der Waals surface area contributed by atoms with E-state index in [9.17, 15) is 4.39 Å². The van der Waals surface area contributed by atoms with Crippen molar-refractivity contribution in [3.8, 4) is 0 Å². The molecule has 0 saturated heterocycles. The number of benzene rings is 1. The Labute approximate surface area is 88.9 Å². The first-order valence-electron chi connectivity index (χ1n) is 5.08. The lowest BCUT2D eigenvalue weighted by molar-refractivity contribution is 0.513. The molecule has 0 saturated carbocycles. The first kappa shape index (κ1) is 10.2. The summed E-state index contributed by atoms with van der Waals surface area (Å²) in [6.07, 6.45) is 0.794. The fraction of sp³-hybridized carbons (Fsp3) is 0.308. The van der Waals surface area contributed by atoms with Crippen molar-refractivity contribution in [2.24, 2.45) is 5.92 Å². The smallest absolute Gasteiger partial charge is 0.134 e. The van der Waals surface area contributed by atoms with E-state index in [0.717, 1.165) is 28.7 Å². The van der Waals surface area contributed by atoms with Crippen molar-refractivity contribution >= 4 is 11.0 Å². The molecule has 0 aliphatic rings. The predicted molar refractivity (Wildman–Crippen MR) is 59.1 cm³/mol. The van der Waals surface area contributed by atoms with Crippen LogP contribution >= 0.6 is 0 Å². The number of rotatable bonds is 2. The maximum Gasteiger partial charge on any atom is 0.134 e. The minimum atomic E-state index is -0.222. The molecule has 0 bridgehead atoms. The van der Waals surface area contributed by atoms with Gasteiger partial charge < -0.3 is 4.42 Å². The number of halogens is 1. The quantitative estimate of drug-likeness (QED) is 0.724. The molecule has 1 radical (unpaired) electrons. The van der Waals surface area contributed by atoms with E-state index >= 15 is 0 Å². The van der Waals surface area contributed by atoms with E-state index in [1.54, 1.807) is 6.07 Å². The molecule has 0 aliphatic heterocycles. The van der Waals surface area contributed by atoms with Crippen LogP contribution in [-0.2, 0) is 6.42 Å². The van der Waals surface area contributed by atoms with Gasteiger partial charge in [-0.2, -0.15) is 0 Å². The van der Waals surface area contributed by atoms with Gasteiger partial charge in [0.15, 0.2) is 0 Å². The minimum Gasteiger partial charge on any atom is -0.461 e. The molecule has 2 aromatic rings. The zero-order valence-electron chi connectivity index (χ0n) is 9.01. The second-order valence-corrected chi connectivity index (χ2v) is 4.10. The van der Waals surface area contributed by atoms with Crippen LogP contribution in [0.5, 0.6) is 0 Å². The standard InChI is InChI=1S/C13H14FO/c1-8(2)6-13-9(3)11-7-10(14)4-5-12(11)15-13/h4-5,7-8H,1,6H2,2-3H3. The van der Waals surface area contributed by atoms with Crippen LogP contribution in [0.15, 0.2) is 22.6 Å². The Hall–Kier alpha value is -1.31. The third-order valence-corrected chi connectivity index (χ3v) is 2.53. The molecule has 0 spiro atoms. The Kier molecular flexibility index (Phi) is 2.51. The second kappa shape index (κ2) is 3.69. The van der Waals surface area contributed by atoms with Crippen molar-refractivity contribution in [1.29, 1.82) is 0 Å². The molecule has 0 amide bonds. The first-order valence-corrected chi connectivity index (χ1v) is 5.08. The lowest BCUT2D eigenvalue weighted by Crippen LogP contribution is -1.93. The highest BCUT2D eigenvalue weighted by atomic mass is 19.1. The van der Waals surface area contributed by atoms with Crippen molar-refractivity contribution in [3.05, 3.63) is 42.3 Å². The van der Waals surface area contributed by atoms with E-state index in [1.165, 1.54) is 12.1 Å². The summed E-state index contributed by atoms with van der Waals surface area (Å²) in [6.45, 7) is 7.92. The molecule has 1 aromatic carbocycles. The van der Waals surface area contributed by atoms with Crippen molar-refractivity contribution < 1.29 is 8.81 Å². The Balaban J connectivity index is 2.54. The molecule has 0 aliphatic carbocycles. The van der Waals surface area contributed by atoms with Crippen molar-refractivity contribution in [2.45, 2.75) is 20.3 Å². The molecule has 1 aromatic heterocycles. The number of hydrogen-bond donors (Lipinski definition) is 0. The first-order chi connectivity index (χ1) is 7.08. The molecule has 15 heavy (non-hydrogen) atoms. The SMILES string of the molecule is [CH2]C(C)Cc1oc2ccc(F)cc2c1C. The zero-order valence-corrected chi connectivity index (χ0v) is 9.01. The summed E-state index contributed by atoms with van der Waals surface area (Å²) in [5, 5.41) is 0.866. The summed E-state index contributed by atoms with van der Waals surface area (Å²) < 4.78 is 18.7. The lowest BCUT2D eigenvalue weighted by Gasteiger charge is -2.00. The van der Waals surface area contributed by atoms with Crippen LogP contribution in [0, 0.1) is 25.6 Å². The van der Waals surface area contributed by atoms with E-state index in [0.29, 0.717) is 5.92 Å². The molecule has 0 fully saturated rings. The zero-order chi connectivity index (χ0) is 11.0. The topological polar surface area (TPSA) is 13.1 Å². The summed E-state index contributed by atoms with van der Waals surface area (Å²) in [5.74, 6) is 0.993. The molecule has 2 heteroatoms. The fourth-order valence-electron chi connectivity index (χ4n) is 1.75. The van der Waals surface area contributed by atoms with Crippen LogP contribution in [0.2, 0.25) is 0 Å². The van der Waals surface area contributed by atoms with Crippen molar-refractivity contribution in [1.82, 2.24) is 0 Å². The Morgan fingerprint density at radius 3 is 2.87 bits per heavy atom. The molecule has 1 nitrogen and oxygen atoms in total. The number of fused-ring (bicyclic) bond motifs is 1. The Morgan fingerprint density at radius 2 is 2.20 bits per heavy atom. The van der Waals surface area contributed by atoms with Gasteiger partial charge in [0.1, 0.15) is 17.2 Å². The maximum atomic E-state index is 13.0. The van der Waals surface area contributed by atoms with E-state index in [-0.39, 0.29) is 5.82 Å². The molecule has 0 N–H and O–H groups in total. The van der Waals surface area contributed by atoms with Gasteiger partial charge in [-0.05, 0) is 36.6 Å². The van der Waals surface area contributed by atoms with Gasteiger partial charge in [-0.25, -0.2) is 4.39 Å². The van der Waals surface area contributed by atoms with Gasteiger partial charge in [0, 0.05) is 11.8 Å². The Morgan fingerprint density at radius 1 is 1.47 bits per heavy atom. The largest absolute Gasteiger partial charge is 0.461 e. The third kappa shape index (κ3) is 1.89. The van der Waals surface area contributed by atoms with Gasteiger partial charge >= 0.3 is 0 Å². The summed E-state index contributed by atoms with van der Waals surface area (Å²) in [7, 11) is 0. The van der Waals surface area contributed by atoms with Crippen molar-refractivity contribution in [3.63, 3.8) is 0 Å². The molecule has 2 rings (SSSR count). The number of furan rings is 1. The van der Waals surface area contributed by atoms with E-state index in [4.69, 9.17) is 4.42 Å². The van der Waals surface area contributed by atoms with Gasteiger partial charge in [-0.15, -0.1) is 0 Å². The molecule has 1 unspecified atom stereocenters. The summed E-state index contributed by atoms with van der Waals surface area (Å²) >= 11 is 0. The monoisotopic (exact) mass is 205 g/mol. The molecule has 79 valence electrons. The lowest BCUT2D eigenvalue weighted by atomic mass is 10.0. The van der Waals surface area contributed by atoms with Crippen LogP contribution in [0.4, 0.5) is 4.39 Å². The summed E-state index contributed by atoms with van der Waals surface area (Å²) in [5.41, 5.74) is 1.78. The number of aryl methyl sites for hydroxylation is 1. The van der Waals surface area contributed by atoms with Crippen LogP contribution in [-0.4, -0.2) is 0 Å². The summed E-state index contributed by atoms with van der Waals surface area (Å²) in [4.78, 5) is 0. The van der Waals surface area contributed by atoms with Gasteiger partial charge in [0.2, 0.25) is 0 Å². The fourth-order valence-corrected chi connectivity index (χ4v) is 1.75. The third-order valence-electron chi connectivity index (χ3n) is 2.53. The number of hydrogen-bond acceptors (Lipinski definition) is 1. The summed E-state index contributed by atoms with van der Waals surface area (Å²) in [6, 6.07) is 4.61. The van der Waals surface area contributed by atoms with Gasteiger partial charge in [0.25, 0.3) is 0 Å². The normalized spacial score (nSPS) is 11.5. The highest BCUT2D eigenvalue weighted by Crippen LogP contribution is 2.27. The van der Waals surface area contributed by atoms with Crippen LogP contribution in [0.25, 0.3) is 11.0 Å². The molecule has 1 atom stereocenters. The van der Waals surface area contributed by atoms with Gasteiger partial charge in [-0.3, -0.25) is 0 Å². The van der Waals surface area contributed by atoms with Gasteiger partial charge in [-0.1, -0.05) is 13.8 Å². The van der Waals surface area contributed by atoms with E-state index in [2.05, 4.69) is 6.92 Å². The van der Waals surface area contributed by atoms with Crippen LogP contribution < -0.4 is 0 Å². The highest BCUT2D eigenvalue weighted by molar-refractivity contribution is 5.82.